The van der Waals surface area contributed by atoms with Gasteiger partial charge in [0.05, 0.1) is 16.6 Å². The predicted molar refractivity (Wildman–Crippen MR) is 134 cm³/mol. The molecule has 1 aliphatic heterocycles. The second kappa shape index (κ2) is 10.4. The largest absolute Gasteiger partial charge is 0.478 e. The number of aromatic amines is 1. The molecule has 1 fully saturated rings. The molecule has 10 heteroatoms. The summed E-state index contributed by atoms with van der Waals surface area (Å²) < 4.78 is 32.6. The Bertz CT molecular complexity index is 1460. The number of H-pyrrole nitrogens is 1. The molecule has 1 aliphatic rings. The zero-order chi connectivity index (χ0) is 25.9. The van der Waals surface area contributed by atoms with E-state index >= 15 is 0 Å². The summed E-state index contributed by atoms with van der Waals surface area (Å²) in [6.45, 7) is 1.21. The van der Waals surface area contributed by atoms with Crippen LogP contribution in [-0.2, 0) is 11.2 Å². The summed E-state index contributed by atoms with van der Waals surface area (Å²) in [5, 5.41) is 23.2. The van der Waals surface area contributed by atoms with Crippen LogP contribution in [0.5, 0.6) is 0 Å². The van der Waals surface area contributed by atoms with Crippen molar-refractivity contribution in [3.05, 3.63) is 88.5 Å². The fourth-order valence-corrected chi connectivity index (χ4v) is 4.44. The molecule has 1 aromatic heterocycles. The molecule has 0 spiro atoms. The number of halogens is 2. The summed E-state index contributed by atoms with van der Waals surface area (Å²) in [5.41, 5.74) is 2.57. The molecule has 190 valence electrons. The van der Waals surface area contributed by atoms with Crippen LogP contribution < -0.4 is 10.6 Å². The van der Waals surface area contributed by atoms with Crippen molar-refractivity contribution in [3.8, 4) is 0 Å². The van der Waals surface area contributed by atoms with Gasteiger partial charge in [0.15, 0.2) is 5.82 Å². The number of fused-ring (bicyclic) bond motifs is 1. The van der Waals surface area contributed by atoms with E-state index in [4.69, 9.17) is 4.74 Å². The van der Waals surface area contributed by atoms with Gasteiger partial charge in [0.2, 0.25) is 0 Å². The molecule has 0 atom stereocenters. The van der Waals surface area contributed by atoms with Gasteiger partial charge in [-0.15, -0.1) is 0 Å². The number of carboxylic acid groups (broad SMARTS) is 1. The van der Waals surface area contributed by atoms with Crippen LogP contribution in [0.3, 0.4) is 0 Å². The number of aromatic nitrogens is 2. The zero-order valence-corrected chi connectivity index (χ0v) is 19.7. The summed E-state index contributed by atoms with van der Waals surface area (Å²) in [6.07, 6.45) is 1.82. The molecule has 0 radical (unpaired) electrons. The van der Waals surface area contributed by atoms with E-state index in [1.165, 1.54) is 24.3 Å². The lowest BCUT2D eigenvalue weighted by atomic mass is 10.0. The first-order valence-corrected chi connectivity index (χ1v) is 11.8. The van der Waals surface area contributed by atoms with Crippen molar-refractivity contribution >= 4 is 34.3 Å². The Morgan fingerprint density at radius 3 is 2.49 bits per heavy atom. The average Bonchev–Trinajstić information content (AvgIpc) is 3.26. The molecule has 0 aliphatic carbocycles. The standard InChI is InChI=1S/C27H24F2N4O4/c28-18-10-16(11-19(29)14-18)9-15-1-3-24-21(12-15)25(33-32-24)31-26(34)22-13-17(27(35)36)2-4-23(22)30-20-5-7-37-8-6-20/h1-4,10-14,20,30H,5-9H2,(H,35,36)(H2,31,32,33,34). The molecule has 1 saturated heterocycles. The molecule has 0 unspecified atom stereocenters. The smallest absolute Gasteiger partial charge is 0.335 e. The van der Waals surface area contributed by atoms with Gasteiger partial charge in [-0.2, -0.15) is 5.10 Å². The van der Waals surface area contributed by atoms with Crippen LogP contribution in [-0.4, -0.2) is 46.4 Å². The van der Waals surface area contributed by atoms with E-state index in [1.54, 1.807) is 24.3 Å². The van der Waals surface area contributed by atoms with E-state index < -0.39 is 23.5 Å². The number of benzene rings is 3. The molecular weight excluding hydrogens is 482 g/mol. The zero-order valence-electron chi connectivity index (χ0n) is 19.7. The number of hydrogen-bond donors (Lipinski definition) is 4. The number of aromatic carboxylic acids is 1. The number of ether oxygens (including phenoxy) is 1. The Hall–Kier alpha value is -4.31. The predicted octanol–water partition coefficient (Wildman–Crippen LogP) is 4.97. The third-order valence-electron chi connectivity index (χ3n) is 6.28. The first-order chi connectivity index (χ1) is 17.9. The molecule has 4 N–H and O–H groups in total. The number of carbonyl (C=O) groups excluding carboxylic acids is 1. The lowest BCUT2D eigenvalue weighted by Crippen LogP contribution is -2.29. The van der Waals surface area contributed by atoms with Gasteiger partial charge in [0.1, 0.15) is 11.6 Å². The number of nitrogens with zero attached hydrogens (tertiary/aromatic N) is 1. The Balaban J connectivity index is 1.42. The number of carboxylic acids is 1. The van der Waals surface area contributed by atoms with Crippen molar-refractivity contribution in [2.24, 2.45) is 0 Å². The second-order valence-electron chi connectivity index (χ2n) is 8.96. The minimum absolute atomic E-state index is 0.0147. The maximum atomic E-state index is 13.6. The number of rotatable bonds is 7. The van der Waals surface area contributed by atoms with E-state index in [0.717, 1.165) is 24.5 Å². The van der Waals surface area contributed by atoms with E-state index in [9.17, 15) is 23.5 Å². The molecule has 0 bridgehead atoms. The number of hydrogen-bond acceptors (Lipinski definition) is 5. The van der Waals surface area contributed by atoms with Crippen LogP contribution in [0.2, 0.25) is 0 Å². The van der Waals surface area contributed by atoms with E-state index in [-0.39, 0.29) is 29.4 Å². The van der Waals surface area contributed by atoms with Gasteiger partial charge < -0.3 is 20.5 Å². The van der Waals surface area contributed by atoms with Crippen molar-refractivity contribution in [2.75, 3.05) is 23.8 Å². The minimum Gasteiger partial charge on any atom is -0.478 e. The molecular formula is C27H24F2N4O4. The van der Waals surface area contributed by atoms with Crippen molar-refractivity contribution in [2.45, 2.75) is 25.3 Å². The Morgan fingerprint density at radius 2 is 1.76 bits per heavy atom. The minimum atomic E-state index is -1.14. The summed E-state index contributed by atoms with van der Waals surface area (Å²) in [5.74, 6) is -2.72. The van der Waals surface area contributed by atoms with Crippen molar-refractivity contribution in [1.82, 2.24) is 10.2 Å². The maximum absolute atomic E-state index is 13.6. The fourth-order valence-electron chi connectivity index (χ4n) is 4.44. The first kappa shape index (κ1) is 24.4. The van der Waals surface area contributed by atoms with Crippen LogP contribution in [0.15, 0.2) is 54.6 Å². The Kier molecular flexibility index (Phi) is 6.82. The quantitative estimate of drug-likeness (QED) is 0.281. The molecule has 5 rings (SSSR count). The summed E-state index contributed by atoms with van der Waals surface area (Å²) in [7, 11) is 0. The monoisotopic (exact) mass is 506 g/mol. The molecule has 4 aromatic rings. The van der Waals surface area contributed by atoms with Crippen LogP contribution in [0.4, 0.5) is 20.3 Å². The summed E-state index contributed by atoms with van der Waals surface area (Å²) >= 11 is 0. The average molecular weight is 507 g/mol. The van der Waals surface area contributed by atoms with Gasteiger partial charge >= 0.3 is 5.97 Å². The Labute approximate surface area is 210 Å². The number of carbonyl (C=O) groups is 2. The SMILES string of the molecule is O=C(O)c1ccc(NC2CCOCC2)c(C(=O)Nc2n[nH]c3ccc(Cc4cc(F)cc(F)c4)cc23)c1. The van der Waals surface area contributed by atoms with Crippen molar-refractivity contribution < 1.29 is 28.2 Å². The molecule has 37 heavy (non-hydrogen) atoms. The van der Waals surface area contributed by atoms with Crippen molar-refractivity contribution in [3.63, 3.8) is 0 Å². The van der Waals surface area contributed by atoms with Gasteiger partial charge in [0.25, 0.3) is 5.91 Å². The van der Waals surface area contributed by atoms with Gasteiger partial charge in [-0.3, -0.25) is 9.89 Å². The molecule has 1 amide bonds. The highest BCUT2D eigenvalue weighted by atomic mass is 19.1. The highest BCUT2D eigenvalue weighted by molar-refractivity contribution is 6.11. The summed E-state index contributed by atoms with van der Waals surface area (Å²) in [4.78, 5) is 24.9. The fraction of sp³-hybridized carbons (Fsp3) is 0.222. The van der Waals surface area contributed by atoms with Crippen molar-refractivity contribution in [1.29, 1.82) is 0 Å². The second-order valence-corrected chi connectivity index (χ2v) is 8.96. The van der Waals surface area contributed by atoms with Crippen LogP contribution in [0.25, 0.3) is 10.9 Å². The normalized spacial score (nSPS) is 14.0. The third-order valence-corrected chi connectivity index (χ3v) is 6.28. The van der Waals surface area contributed by atoms with E-state index in [2.05, 4.69) is 20.8 Å². The summed E-state index contributed by atoms with van der Waals surface area (Å²) in [6, 6.07) is 13.2. The molecule has 3 aromatic carbocycles. The van der Waals surface area contributed by atoms with Gasteiger partial charge in [-0.25, -0.2) is 13.6 Å². The molecule has 0 saturated carbocycles. The van der Waals surface area contributed by atoms with Gasteiger partial charge in [-0.1, -0.05) is 6.07 Å². The van der Waals surface area contributed by atoms with Crippen LogP contribution in [0.1, 0.15) is 44.7 Å². The highest BCUT2D eigenvalue weighted by Gasteiger charge is 2.21. The van der Waals surface area contributed by atoms with Gasteiger partial charge in [0, 0.05) is 36.4 Å². The lowest BCUT2D eigenvalue weighted by Gasteiger charge is -2.25. The highest BCUT2D eigenvalue weighted by Crippen LogP contribution is 2.27. The number of nitrogens with one attached hydrogen (secondary N) is 3. The van der Waals surface area contributed by atoms with Gasteiger partial charge in [-0.05, 0) is 72.9 Å². The van der Waals surface area contributed by atoms with E-state index in [1.807, 2.05) is 0 Å². The lowest BCUT2D eigenvalue weighted by molar-refractivity contribution is 0.0697. The third kappa shape index (κ3) is 5.59. The van der Waals surface area contributed by atoms with Crippen LogP contribution >= 0.6 is 0 Å². The van der Waals surface area contributed by atoms with Crippen LogP contribution in [0, 0.1) is 11.6 Å². The topological polar surface area (TPSA) is 116 Å². The Morgan fingerprint density at radius 1 is 1.00 bits per heavy atom. The first-order valence-electron chi connectivity index (χ1n) is 11.8. The number of anilines is 2. The number of amides is 1. The van der Waals surface area contributed by atoms with E-state index in [0.29, 0.717) is 35.4 Å². The molecule has 2 heterocycles. The molecule has 8 nitrogen and oxygen atoms in total. The maximum Gasteiger partial charge on any atom is 0.335 e.